The van der Waals surface area contributed by atoms with E-state index in [1.54, 1.807) is 22.7 Å². The summed E-state index contributed by atoms with van der Waals surface area (Å²) in [7, 11) is 0. The number of hydrogen-bond acceptors (Lipinski definition) is 4. The zero-order valence-electron chi connectivity index (χ0n) is 7.84. The highest BCUT2D eigenvalue weighted by Crippen LogP contribution is 2.39. The van der Waals surface area contributed by atoms with Crippen LogP contribution in [0.3, 0.4) is 0 Å². The summed E-state index contributed by atoms with van der Waals surface area (Å²) >= 11 is 13.8. The minimum absolute atomic E-state index is 0.0215. The van der Waals surface area contributed by atoms with Crippen LogP contribution in [0, 0.1) is 0 Å². The molecule has 1 atom stereocenters. The molecule has 0 bridgehead atoms. The summed E-state index contributed by atoms with van der Waals surface area (Å²) in [5, 5.41) is 4.15. The highest BCUT2D eigenvalue weighted by atomic mass is 79.9. The predicted molar refractivity (Wildman–Crippen MR) is 80.9 cm³/mol. The molecule has 0 aliphatic heterocycles. The molecule has 3 N–H and O–H groups in total. The number of halogens is 3. The van der Waals surface area contributed by atoms with Crippen LogP contribution in [0.1, 0.15) is 16.5 Å². The second-order valence-corrected chi connectivity index (χ2v) is 7.90. The van der Waals surface area contributed by atoms with Crippen LogP contribution in [-0.4, -0.2) is 0 Å². The van der Waals surface area contributed by atoms with Crippen LogP contribution in [0.15, 0.2) is 29.6 Å². The molecule has 2 aromatic rings. The van der Waals surface area contributed by atoms with E-state index in [2.05, 4.69) is 70.0 Å². The van der Waals surface area contributed by atoms with Crippen molar-refractivity contribution in [1.29, 1.82) is 0 Å². The van der Waals surface area contributed by atoms with Crippen molar-refractivity contribution in [1.82, 2.24) is 5.43 Å². The standard InChI is InChI=1S/C9H7Br3N2S2/c10-5-1-7(16-9(5)12)8(14-13)4-2-15-3-6(4)11/h1-3,8,14H,13H2. The van der Waals surface area contributed by atoms with E-state index >= 15 is 0 Å². The molecule has 1 unspecified atom stereocenters. The Kier molecular flexibility index (Phi) is 4.62. The first-order valence-corrected chi connectivity index (χ1v) is 8.39. The lowest BCUT2D eigenvalue weighted by Gasteiger charge is -2.13. The Bertz CT molecular complexity index is 475. The summed E-state index contributed by atoms with van der Waals surface area (Å²) in [5.74, 6) is 5.63. The fourth-order valence-corrected chi connectivity index (χ4v) is 5.05. The van der Waals surface area contributed by atoms with Crippen LogP contribution in [-0.2, 0) is 0 Å². The first-order valence-electron chi connectivity index (χ1n) is 4.26. The summed E-state index contributed by atoms with van der Waals surface area (Å²) in [6.45, 7) is 0. The first-order chi connectivity index (χ1) is 7.63. The summed E-state index contributed by atoms with van der Waals surface area (Å²) in [6, 6.07) is 2.09. The van der Waals surface area contributed by atoms with E-state index in [9.17, 15) is 0 Å². The van der Waals surface area contributed by atoms with Gasteiger partial charge < -0.3 is 0 Å². The van der Waals surface area contributed by atoms with Gasteiger partial charge in [0.15, 0.2) is 0 Å². The fourth-order valence-electron chi connectivity index (χ4n) is 1.33. The molecule has 2 nitrogen and oxygen atoms in total. The van der Waals surface area contributed by atoms with Crippen LogP contribution in [0.4, 0.5) is 0 Å². The second-order valence-electron chi connectivity index (χ2n) is 3.05. The van der Waals surface area contributed by atoms with Crippen molar-refractivity contribution in [2.24, 2.45) is 5.84 Å². The Morgan fingerprint density at radius 1 is 1.19 bits per heavy atom. The van der Waals surface area contributed by atoms with Crippen LogP contribution in [0.2, 0.25) is 0 Å². The summed E-state index contributed by atoms with van der Waals surface area (Å²) in [5.41, 5.74) is 4.01. The van der Waals surface area contributed by atoms with Crippen LogP contribution in [0.25, 0.3) is 0 Å². The molecule has 0 aromatic carbocycles. The second kappa shape index (κ2) is 5.60. The summed E-state index contributed by atoms with van der Waals surface area (Å²) in [6.07, 6.45) is 0. The van der Waals surface area contributed by atoms with Gasteiger partial charge in [-0.2, -0.15) is 11.3 Å². The molecule has 0 amide bonds. The van der Waals surface area contributed by atoms with Gasteiger partial charge in [0.25, 0.3) is 0 Å². The third kappa shape index (κ3) is 2.60. The van der Waals surface area contributed by atoms with Crippen molar-refractivity contribution >= 4 is 70.5 Å². The van der Waals surface area contributed by atoms with Crippen molar-refractivity contribution in [2.75, 3.05) is 0 Å². The average molecular weight is 447 g/mol. The van der Waals surface area contributed by atoms with Gasteiger partial charge in [0.2, 0.25) is 0 Å². The molecule has 2 rings (SSSR count). The number of hydrazine groups is 1. The van der Waals surface area contributed by atoms with Gasteiger partial charge in [-0.25, -0.2) is 5.43 Å². The van der Waals surface area contributed by atoms with E-state index in [-0.39, 0.29) is 6.04 Å². The predicted octanol–water partition coefficient (Wildman–Crippen LogP) is 4.65. The topological polar surface area (TPSA) is 38.0 Å². The third-order valence-corrected chi connectivity index (χ3v) is 7.14. The number of rotatable bonds is 3. The fraction of sp³-hybridized carbons (Fsp3) is 0.111. The van der Waals surface area contributed by atoms with E-state index in [0.717, 1.165) is 18.3 Å². The van der Waals surface area contributed by atoms with E-state index in [0.29, 0.717) is 0 Å². The molecule has 0 fully saturated rings. The van der Waals surface area contributed by atoms with Crippen molar-refractivity contribution < 1.29 is 0 Å². The van der Waals surface area contributed by atoms with E-state index in [1.807, 2.05) is 0 Å². The average Bonchev–Trinajstić information content (AvgIpc) is 2.78. The van der Waals surface area contributed by atoms with Crippen molar-refractivity contribution in [2.45, 2.75) is 6.04 Å². The van der Waals surface area contributed by atoms with Gasteiger partial charge in [-0.15, -0.1) is 11.3 Å². The lowest BCUT2D eigenvalue weighted by atomic mass is 10.1. The van der Waals surface area contributed by atoms with Gasteiger partial charge in [-0.05, 0) is 59.2 Å². The third-order valence-electron chi connectivity index (χ3n) is 2.07. The van der Waals surface area contributed by atoms with E-state index < -0.39 is 0 Å². The Morgan fingerprint density at radius 2 is 1.94 bits per heavy atom. The zero-order valence-corrected chi connectivity index (χ0v) is 14.2. The molecular formula is C9H7Br3N2S2. The largest absolute Gasteiger partial charge is 0.271 e. The van der Waals surface area contributed by atoms with Crippen molar-refractivity contribution in [3.8, 4) is 0 Å². The molecular weight excluding hydrogens is 440 g/mol. The molecule has 2 heterocycles. The van der Waals surface area contributed by atoms with Crippen LogP contribution in [0.5, 0.6) is 0 Å². The van der Waals surface area contributed by atoms with Crippen molar-refractivity contribution in [3.63, 3.8) is 0 Å². The maximum Gasteiger partial charge on any atom is 0.0843 e. The Balaban J connectivity index is 2.40. The zero-order chi connectivity index (χ0) is 11.7. The van der Waals surface area contributed by atoms with Gasteiger partial charge >= 0.3 is 0 Å². The normalized spacial score (nSPS) is 13.0. The Labute approximate surface area is 127 Å². The lowest BCUT2D eigenvalue weighted by Crippen LogP contribution is -2.28. The SMILES string of the molecule is NNC(c1cc(Br)c(Br)s1)c1cscc1Br. The highest BCUT2D eigenvalue weighted by molar-refractivity contribution is 9.13. The number of nitrogens with one attached hydrogen (secondary N) is 1. The minimum Gasteiger partial charge on any atom is -0.271 e. The maximum absolute atomic E-state index is 5.63. The molecule has 0 aliphatic carbocycles. The molecule has 86 valence electrons. The minimum atomic E-state index is 0.0215. The van der Waals surface area contributed by atoms with Crippen LogP contribution >= 0.6 is 70.5 Å². The number of nitrogens with two attached hydrogens (primary N) is 1. The monoisotopic (exact) mass is 444 g/mol. The van der Waals surface area contributed by atoms with Crippen LogP contribution < -0.4 is 11.3 Å². The highest BCUT2D eigenvalue weighted by Gasteiger charge is 2.19. The lowest BCUT2D eigenvalue weighted by molar-refractivity contribution is 0.646. The number of hydrogen-bond donors (Lipinski definition) is 2. The molecule has 0 saturated carbocycles. The molecule has 7 heteroatoms. The van der Waals surface area contributed by atoms with Crippen molar-refractivity contribution in [3.05, 3.63) is 40.0 Å². The maximum atomic E-state index is 5.63. The van der Waals surface area contributed by atoms with Gasteiger partial charge in [-0.1, -0.05) is 0 Å². The molecule has 0 spiro atoms. The summed E-state index contributed by atoms with van der Waals surface area (Å²) in [4.78, 5) is 1.17. The Hall–Kier alpha value is 0.760. The molecule has 0 radical (unpaired) electrons. The quantitative estimate of drug-likeness (QED) is 0.532. The molecule has 0 aliphatic rings. The van der Waals surface area contributed by atoms with E-state index in [4.69, 9.17) is 5.84 Å². The first kappa shape index (κ1) is 13.2. The molecule has 0 saturated heterocycles. The van der Waals surface area contributed by atoms with Gasteiger partial charge in [0, 0.05) is 24.8 Å². The molecule has 2 aromatic heterocycles. The van der Waals surface area contributed by atoms with Gasteiger partial charge in [-0.3, -0.25) is 5.84 Å². The van der Waals surface area contributed by atoms with Gasteiger partial charge in [0.1, 0.15) is 0 Å². The summed E-state index contributed by atoms with van der Waals surface area (Å²) < 4.78 is 3.22. The number of thiophene rings is 2. The Morgan fingerprint density at radius 3 is 2.38 bits per heavy atom. The van der Waals surface area contributed by atoms with Gasteiger partial charge in [0.05, 0.1) is 9.83 Å². The molecule has 16 heavy (non-hydrogen) atoms. The van der Waals surface area contributed by atoms with E-state index in [1.165, 1.54) is 4.88 Å². The smallest absolute Gasteiger partial charge is 0.0843 e.